The summed E-state index contributed by atoms with van der Waals surface area (Å²) >= 11 is 6.26. The number of nitrogens with zero attached hydrogens (tertiary/aromatic N) is 2. The second kappa shape index (κ2) is 11.4. The van der Waals surface area contributed by atoms with E-state index >= 15 is 0 Å². The van der Waals surface area contributed by atoms with E-state index in [1.807, 2.05) is 6.92 Å². The Kier molecular flexibility index (Phi) is 8.17. The zero-order valence-electron chi connectivity index (χ0n) is 22.4. The Morgan fingerprint density at radius 1 is 0.925 bits per heavy atom. The number of anilines is 7. The van der Waals surface area contributed by atoms with E-state index in [9.17, 15) is 13.2 Å². The van der Waals surface area contributed by atoms with Crippen LogP contribution < -0.4 is 26.4 Å². The molecular weight excluding hydrogens is 550 g/mol. The van der Waals surface area contributed by atoms with Crippen LogP contribution in [0.4, 0.5) is 40.2 Å². The summed E-state index contributed by atoms with van der Waals surface area (Å²) in [7, 11) is -3.67. The number of carbonyl (C=O) groups excluding carboxylic acids is 1. The lowest BCUT2D eigenvalue weighted by Gasteiger charge is -2.21. The third-order valence-corrected chi connectivity index (χ3v) is 8.29. The number of aryl methyl sites for hydroxylation is 1. The zero-order valence-corrected chi connectivity index (χ0v) is 24.0. The topological polar surface area (TPSA) is 151 Å². The molecule has 40 heavy (non-hydrogen) atoms. The molecule has 0 aliphatic heterocycles. The van der Waals surface area contributed by atoms with Gasteiger partial charge in [0.05, 0.1) is 26.8 Å². The second-order valence-electron chi connectivity index (χ2n) is 10.0. The SMILES string of the molecule is Cc1cnc(Nc2ccc(C(=O)Nc3ccccc3N)cc2)nc1Nc1ccc(Cl)c(NS(=O)(=O)C(C)(C)C)c1. The van der Waals surface area contributed by atoms with Gasteiger partial charge in [0, 0.05) is 28.7 Å². The molecule has 1 amide bonds. The van der Waals surface area contributed by atoms with Gasteiger partial charge in [-0.3, -0.25) is 9.52 Å². The van der Waals surface area contributed by atoms with Crippen LogP contribution in [0.3, 0.4) is 0 Å². The molecule has 0 spiro atoms. The molecule has 0 unspecified atom stereocenters. The number of carbonyl (C=O) groups is 1. The summed E-state index contributed by atoms with van der Waals surface area (Å²) in [6.45, 7) is 6.66. The molecule has 1 heterocycles. The van der Waals surface area contributed by atoms with Crippen molar-refractivity contribution < 1.29 is 13.2 Å². The molecule has 0 radical (unpaired) electrons. The molecule has 0 saturated carbocycles. The number of sulfonamides is 1. The third-order valence-electron chi connectivity index (χ3n) is 5.86. The molecule has 0 saturated heterocycles. The number of nitrogens with two attached hydrogens (primary N) is 1. The Balaban J connectivity index is 1.47. The van der Waals surface area contributed by atoms with Gasteiger partial charge in [0.15, 0.2) is 0 Å². The molecular formula is C28H30ClN7O3S. The van der Waals surface area contributed by atoms with Crippen molar-refractivity contribution in [1.82, 2.24) is 9.97 Å². The minimum absolute atomic E-state index is 0.255. The van der Waals surface area contributed by atoms with Gasteiger partial charge < -0.3 is 21.7 Å². The number of benzene rings is 3. The lowest BCUT2D eigenvalue weighted by molar-refractivity contribution is 0.102. The molecule has 0 aliphatic carbocycles. The average molecular weight is 580 g/mol. The van der Waals surface area contributed by atoms with Gasteiger partial charge in [-0.1, -0.05) is 23.7 Å². The van der Waals surface area contributed by atoms with Gasteiger partial charge in [0.1, 0.15) is 5.82 Å². The molecule has 4 aromatic rings. The lowest BCUT2D eigenvalue weighted by Crippen LogP contribution is -2.33. The molecule has 1 aromatic heterocycles. The van der Waals surface area contributed by atoms with Crippen molar-refractivity contribution in [2.24, 2.45) is 0 Å². The van der Waals surface area contributed by atoms with Gasteiger partial charge in [0.25, 0.3) is 5.91 Å². The number of nitrogen functional groups attached to an aromatic ring is 1. The number of halogens is 1. The molecule has 12 heteroatoms. The van der Waals surface area contributed by atoms with Gasteiger partial charge in [-0.05, 0) is 82.3 Å². The van der Waals surface area contributed by atoms with E-state index < -0.39 is 14.8 Å². The van der Waals surface area contributed by atoms with Crippen LogP contribution in [-0.2, 0) is 10.0 Å². The van der Waals surface area contributed by atoms with Crippen LogP contribution >= 0.6 is 11.6 Å². The highest BCUT2D eigenvalue weighted by atomic mass is 35.5. The normalized spacial score (nSPS) is 11.5. The van der Waals surface area contributed by atoms with Crippen molar-refractivity contribution in [1.29, 1.82) is 0 Å². The third kappa shape index (κ3) is 6.80. The number of aromatic nitrogens is 2. The molecule has 0 aliphatic rings. The Hall–Kier alpha value is -4.35. The maximum atomic E-state index is 12.6. The smallest absolute Gasteiger partial charge is 0.255 e. The average Bonchev–Trinajstić information content (AvgIpc) is 2.89. The fourth-order valence-electron chi connectivity index (χ4n) is 3.38. The van der Waals surface area contributed by atoms with Gasteiger partial charge in [-0.25, -0.2) is 13.4 Å². The number of nitrogens with one attached hydrogen (secondary N) is 4. The lowest BCUT2D eigenvalue weighted by atomic mass is 10.2. The fraction of sp³-hybridized carbons (Fsp3) is 0.179. The molecule has 3 aromatic carbocycles. The van der Waals surface area contributed by atoms with Crippen LogP contribution in [-0.4, -0.2) is 29.0 Å². The maximum Gasteiger partial charge on any atom is 0.255 e. The van der Waals surface area contributed by atoms with Crippen molar-refractivity contribution in [3.05, 3.63) is 89.1 Å². The van der Waals surface area contributed by atoms with Gasteiger partial charge in [-0.15, -0.1) is 0 Å². The number of para-hydroxylation sites is 2. The molecule has 0 fully saturated rings. The van der Waals surface area contributed by atoms with E-state index in [2.05, 4.69) is 30.6 Å². The standard InChI is InChI=1S/C28H30ClN7O3S/c1-17-16-31-27(33-19-11-9-18(10-12-19)26(37)34-23-8-6-5-7-22(23)30)35-25(17)32-20-13-14-21(29)24(15-20)36-40(38,39)28(2,3)4/h5-16,36H,30H2,1-4H3,(H,34,37)(H2,31,32,33,35). The summed E-state index contributed by atoms with van der Waals surface area (Å²) in [4.78, 5) is 21.5. The first-order valence-corrected chi connectivity index (χ1v) is 14.1. The first-order chi connectivity index (χ1) is 18.8. The largest absolute Gasteiger partial charge is 0.397 e. The number of rotatable bonds is 8. The summed E-state index contributed by atoms with van der Waals surface area (Å²) in [5.74, 6) is 0.556. The van der Waals surface area contributed by atoms with Crippen LogP contribution in [0.15, 0.2) is 72.9 Å². The minimum Gasteiger partial charge on any atom is -0.397 e. The highest BCUT2D eigenvalue weighted by Crippen LogP contribution is 2.31. The Bertz CT molecular complexity index is 1650. The molecule has 0 atom stereocenters. The summed E-state index contributed by atoms with van der Waals surface area (Å²) in [5.41, 5.74) is 9.67. The highest BCUT2D eigenvalue weighted by Gasteiger charge is 2.29. The monoisotopic (exact) mass is 579 g/mol. The van der Waals surface area contributed by atoms with E-state index in [0.29, 0.717) is 40.1 Å². The molecule has 0 bridgehead atoms. The van der Waals surface area contributed by atoms with Crippen molar-refractivity contribution in [2.75, 3.05) is 26.4 Å². The number of hydrogen-bond donors (Lipinski definition) is 5. The van der Waals surface area contributed by atoms with Gasteiger partial charge in [-0.2, -0.15) is 4.98 Å². The highest BCUT2D eigenvalue weighted by molar-refractivity contribution is 7.94. The number of hydrogen-bond acceptors (Lipinski definition) is 8. The van der Waals surface area contributed by atoms with Gasteiger partial charge >= 0.3 is 0 Å². The zero-order chi connectivity index (χ0) is 29.1. The number of amides is 1. The van der Waals surface area contributed by atoms with Crippen LogP contribution in [0.5, 0.6) is 0 Å². The minimum atomic E-state index is -3.67. The summed E-state index contributed by atoms with van der Waals surface area (Å²) < 4.78 is 26.8. The Morgan fingerprint density at radius 2 is 1.60 bits per heavy atom. The second-order valence-corrected chi connectivity index (χ2v) is 12.8. The first-order valence-electron chi connectivity index (χ1n) is 12.3. The predicted molar refractivity (Wildman–Crippen MR) is 162 cm³/mol. The summed E-state index contributed by atoms with van der Waals surface area (Å²) in [6.07, 6.45) is 1.66. The molecule has 4 rings (SSSR count). The van der Waals surface area contributed by atoms with E-state index in [1.165, 1.54) is 0 Å². The van der Waals surface area contributed by atoms with Gasteiger partial charge in [0.2, 0.25) is 16.0 Å². The molecule has 10 nitrogen and oxygen atoms in total. The van der Waals surface area contributed by atoms with E-state index in [0.717, 1.165) is 5.56 Å². The van der Waals surface area contributed by atoms with Crippen molar-refractivity contribution in [3.8, 4) is 0 Å². The van der Waals surface area contributed by atoms with Crippen molar-refractivity contribution in [3.63, 3.8) is 0 Å². The summed E-state index contributed by atoms with van der Waals surface area (Å²) in [6, 6.07) is 18.8. The van der Waals surface area contributed by atoms with E-state index in [1.54, 1.807) is 93.7 Å². The maximum absolute atomic E-state index is 12.6. The van der Waals surface area contributed by atoms with Crippen LogP contribution in [0, 0.1) is 6.92 Å². The van der Waals surface area contributed by atoms with E-state index in [4.69, 9.17) is 17.3 Å². The molecule has 208 valence electrons. The fourth-order valence-corrected chi connectivity index (χ4v) is 4.37. The van der Waals surface area contributed by atoms with Crippen molar-refractivity contribution in [2.45, 2.75) is 32.4 Å². The van der Waals surface area contributed by atoms with Crippen LogP contribution in [0.2, 0.25) is 5.02 Å². The van der Waals surface area contributed by atoms with E-state index in [-0.39, 0.29) is 16.6 Å². The Labute approximate surface area is 238 Å². The quantitative estimate of drug-likeness (QED) is 0.152. The Morgan fingerprint density at radius 3 is 2.27 bits per heavy atom. The summed E-state index contributed by atoms with van der Waals surface area (Å²) in [5, 5.41) is 9.38. The van der Waals surface area contributed by atoms with Crippen LogP contribution in [0.1, 0.15) is 36.7 Å². The van der Waals surface area contributed by atoms with Crippen molar-refractivity contribution >= 4 is 67.7 Å². The first kappa shape index (κ1) is 28.7. The molecule has 6 N–H and O–H groups in total. The van der Waals surface area contributed by atoms with Crippen LogP contribution in [0.25, 0.3) is 0 Å². The predicted octanol–water partition coefficient (Wildman–Crippen LogP) is 6.30.